The first-order valence-electron chi connectivity index (χ1n) is 7.05. The van der Waals surface area contributed by atoms with Gasteiger partial charge >= 0.3 is 6.03 Å². The van der Waals surface area contributed by atoms with Gasteiger partial charge in [-0.15, -0.1) is 0 Å². The molecule has 1 fully saturated rings. The van der Waals surface area contributed by atoms with Crippen LogP contribution in [0.25, 0.3) is 0 Å². The van der Waals surface area contributed by atoms with Crippen molar-refractivity contribution in [3.05, 3.63) is 59.1 Å². The summed E-state index contributed by atoms with van der Waals surface area (Å²) in [6.07, 6.45) is 5.42. The van der Waals surface area contributed by atoms with E-state index in [0.717, 1.165) is 18.4 Å². The lowest BCUT2D eigenvalue weighted by Gasteiger charge is -2.23. The first-order valence-corrected chi connectivity index (χ1v) is 7.43. The van der Waals surface area contributed by atoms with Crippen LogP contribution in [-0.2, 0) is 6.54 Å². The second-order valence-corrected chi connectivity index (χ2v) is 5.68. The topological polar surface area (TPSA) is 45.2 Å². The molecule has 0 spiro atoms. The maximum atomic E-state index is 13.2. The van der Waals surface area contributed by atoms with E-state index in [0.29, 0.717) is 12.2 Å². The quantitative estimate of drug-likeness (QED) is 0.923. The highest BCUT2D eigenvalue weighted by atomic mass is 35.5. The smallest absolute Gasteiger partial charge is 0.317 e. The minimum absolute atomic E-state index is 0.00935. The van der Waals surface area contributed by atoms with Crippen LogP contribution in [-0.4, -0.2) is 22.0 Å². The summed E-state index contributed by atoms with van der Waals surface area (Å²) in [5.74, 6) is -0.504. The number of carbonyl (C=O) groups excluding carboxylic acids is 1. The maximum Gasteiger partial charge on any atom is 0.322 e. The lowest BCUT2D eigenvalue weighted by Crippen LogP contribution is -2.36. The highest BCUT2D eigenvalue weighted by Crippen LogP contribution is 2.29. The highest BCUT2D eigenvalue weighted by Gasteiger charge is 2.32. The second kappa shape index (κ2) is 6.32. The molecule has 1 heterocycles. The second-order valence-electron chi connectivity index (χ2n) is 5.27. The Morgan fingerprint density at radius 3 is 2.68 bits per heavy atom. The Labute approximate surface area is 132 Å². The molecule has 6 heteroatoms. The molecule has 1 aromatic carbocycles. The van der Waals surface area contributed by atoms with Crippen LogP contribution in [0.2, 0.25) is 5.02 Å². The fraction of sp³-hybridized carbons (Fsp3) is 0.250. The van der Waals surface area contributed by atoms with Gasteiger partial charge in [0.2, 0.25) is 0 Å². The van der Waals surface area contributed by atoms with E-state index < -0.39 is 5.82 Å². The highest BCUT2D eigenvalue weighted by molar-refractivity contribution is 6.31. The summed E-state index contributed by atoms with van der Waals surface area (Å²) >= 11 is 5.73. The molecule has 1 aliphatic rings. The number of urea groups is 1. The molecule has 0 saturated heterocycles. The van der Waals surface area contributed by atoms with E-state index in [4.69, 9.17) is 11.6 Å². The van der Waals surface area contributed by atoms with Gasteiger partial charge in [0.25, 0.3) is 0 Å². The fourth-order valence-electron chi connectivity index (χ4n) is 2.21. The summed E-state index contributed by atoms with van der Waals surface area (Å²) in [6.45, 7) is 0.522. The molecule has 2 aromatic rings. The van der Waals surface area contributed by atoms with Gasteiger partial charge in [-0.1, -0.05) is 11.6 Å². The Balaban J connectivity index is 1.71. The Kier molecular flexibility index (Phi) is 4.24. The standard InChI is InChI=1S/C16H15ClFN3O/c17-14-9-12(1-4-15(14)18)20-16(22)21(13-2-3-13)10-11-5-7-19-8-6-11/h1,4-9,13H,2-3,10H2,(H,20,22). The third kappa shape index (κ3) is 3.54. The maximum absolute atomic E-state index is 13.2. The Morgan fingerprint density at radius 2 is 2.05 bits per heavy atom. The largest absolute Gasteiger partial charge is 0.322 e. The normalized spacial score (nSPS) is 13.7. The molecule has 0 aliphatic heterocycles. The van der Waals surface area contributed by atoms with Crippen LogP contribution in [0.1, 0.15) is 18.4 Å². The summed E-state index contributed by atoms with van der Waals surface area (Å²) in [6, 6.07) is 7.96. The van der Waals surface area contributed by atoms with Crippen molar-refractivity contribution in [1.82, 2.24) is 9.88 Å². The molecule has 4 nitrogen and oxygen atoms in total. The Hall–Kier alpha value is -2.14. The molecule has 114 valence electrons. The van der Waals surface area contributed by atoms with Crippen molar-refractivity contribution in [2.24, 2.45) is 0 Å². The van der Waals surface area contributed by atoms with Gasteiger partial charge in [-0.2, -0.15) is 0 Å². The Morgan fingerprint density at radius 1 is 1.32 bits per heavy atom. The molecule has 1 aliphatic carbocycles. The van der Waals surface area contributed by atoms with Crippen molar-refractivity contribution in [3.63, 3.8) is 0 Å². The molecule has 0 atom stereocenters. The van der Waals surface area contributed by atoms with Gasteiger partial charge in [-0.05, 0) is 48.7 Å². The van der Waals surface area contributed by atoms with E-state index in [2.05, 4.69) is 10.3 Å². The molecule has 0 radical (unpaired) electrons. The van der Waals surface area contributed by atoms with Crippen LogP contribution in [0, 0.1) is 5.82 Å². The molecule has 22 heavy (non-hydrogen) atoms. The predicted octanol–water partition coefficient (Wildman–Crippen LogP) is 4.07. The van der Waals surface area contributed by atoms with Gasteiger partial charge in [0, 0.05) is 30.7 Å². The summed E-state index contributed by atoms with van der Waals surface area (Å²) in [4.78, 5) is 18.2. The van der Waals surface area contributed by atoms with E-state index in [1.807, 2.05) is 12.1 Å². The zero-order chi connectivity index (χ0) is 15.5. The van der Waals surface area contributed by atoms with Crippen LogP contribution in [0.5, 0.6) is 0 Å². The van der Waals surface area contributed by atoms with Crippen LogP contribution >= 0.6 is 11.6 Å². The number of benzene rings is 1. The van der Waals surface area contributed by atoms with Crippen molar-refractivity contribution in [1.29, 1.82) is 0 Å². The van der Waals surface area contributed by atoms with E-state index in [1.165, 1.54) is 18.2 Å². The van der Waals surface area contributed by atoms with Gasteiger partial charge in [0.15, 0.2) is 0 Å². The molecule has 1 saturated carbocycles. The van der Waals surface area contributed by atoms with Gasteiger partial charge in [-0.3, -0.25) is 4.98 Å². The number of anilines is 1. The summed E-state index contributed by atoms with van der Waals surface area (Å²) in [5, 5.41) is 2.76. The van der Waals surface area contributed by atoms with Crippen LogP contribution < -0.4 is 5.32 Å². The van der Waals surface area contributed by atoms with Crippen LogP contribution in [0.3, 0.4) is 0 Å². The summed E-state index contributed by atoms with van der Waals surface area (Å²) < 4.78 is 13.2. The number of halogens is 2. The molecular formula is C16H15ClFN3O. The van der Waals surface area contributed by atoms with Crippen LogP contribution in [0.4, 0.5) is 14.9 Å². The lowest BCUT2D eigenvalue weighted by atomic mass is 10.2. The number of hydrogen-bond donors (Lipinski definition) is 1. The number of carbonyl (C=O) groups is 1. The number of nitrogens with zero attached hydrogens (tertiary/aromatic N) is 2. The monoisotopic (exact) mass is 319 g/mol. The molecule has 1 N–H and O–H groups in total. The van der Waals surface area contributed by atoms with Crippen molar-refractivity contribution in [3.8, 4) is 0 Å². The number of hydrogen-bond acceptors (Lipinski definition) is 2. The van der Waals surface area contributed by atoms with Gasteiger partial charge in [0.05, 0.1) is 5.02 Å². The first-order chi connectivity index (χ1) is 10.6. The number of pyridine rings is 1. The summed E-state index contributed by atoms with van der Waals surface area (Å²) in [7, 11) is 0. The van der Waals surface area contributed by atoms with Crippen molar-refractivity contribution in [2.45, 2.75) is 25.4 Å². The van der Waals surface area contributed by atoms with E-state index in [9.17, 15) is 9.18 Å². The SMILES string of the molecule is O=C(Nc1ccc(F)c(Cl)c1)N(Cc1ccncc1)C1CC1. The molecule has 3 rings (SSSR count). The van der Waals surface area contributed by atoms with Crippen molar-refractivity contribution >= 4 is 23.3 Å². The first kappa shape index (κ1) is 14.8. The minimum atomic E-state index is -0.504. The summed E-state index contributed by atoms with van der Waals surface area (Å²) in [5.41, 5.74) is 1.51. The van der Waals surface area contributed by atoms with Crippen molar-refractivity contribution < 1.29 is 9.18 Å². The molecule has 1 aromatic heterocycles. The minimum Gasteiger partial charge on any atom is -0.317 e. The molecule has 0 unspecified atom stereocenters. The molecule has 2 amide bonds. The number of amides is 2. The zero-order valence-corrected chi connectivity index (χ0v) is 12.6. The average Bonchev–Trinajstić information content (AvgIpc) is 3.34. The average molecular weight is 320 g/mol. The van der Waals surface area contributed by atoms with E-state index >= 15 is 0 Å². The van der Waals surface area contributed by atoms with Crippen molar-refractivity contribution in [2.75, 3.05) is 5.32 Å². The van der Waals surface area contributed by atoms with E-state index in [-0.39, 0.29) is 17.1 Å². The lowest BCUT2D eigenvalue weighted by molar-refractivity contribution is 0.206. The molecular weight excluding hydrogens is 305 g/mol. The third-order valence-electron chi connectivity index (χ3n) is 3.52. The number of rotatable bonds is 4. The van der Waals surface area contributed by atoms with Gasteiger partial charge in [-0.25, -0.2) is 9.18 Å². The number of nitrogens with one attached hydrogen (secondary N) is 1. The van der Waals surface area contributed by atoms with E-state index in [1.54, 1.807) is 17.3 Å². The Bertz CT molecular complexity index is 676. The molecule has 0 bridgehead atoms. The zero-order valence-electron chi connectivity index (χ0n) is 11.8. The van der Waals surface area contributed by atoms with Gasteiger partial charge in [0.1, 0.15) is 5.82 Å². The fourth-order valence-corrected chi connectivity index (χ4v) is 2.39. The van der Waals surface area contributed by atoms with Gasteiger partial charge < -0.3 is 10.2 Å². The third-order valence-corrected chi connectivity index (χ3v) is 3.81. The number of aromatic nitrogens is 1. The van der Waals surface area contributed by atoms with Crippen LogP contribution in [0.15, 0.2) is 42.7 Å². The predicted molar refractivity (Wildman–Crippen MR) is 83.2 cm³/mol.